The van der Waals surface area contributed by atoms with Gasteiger partial charge in [-0.25, -0.2) is 0 Å². The number of likely N-dealkylation sites (N-methyl/N-ethyl adjacent to an activating group) is 1. The first kappa shape index (κ1) is 20.9. The zero-order valence-corrected chi connectivity index (χ0v) is 19.0. The van der Waals surface area contributed by atoms with Gasteiger partial charge in [0.1, 0.15) is 5.75 Å². The Kier molecular flexibility index (Phi) is 5.69. The number of hydrogen-bond acceptors (Lipinski definition) is 3. The van der Waals surface area contributed by atoms with Crippen LogP contribution in [0.15, 0.2) is 77.8 Å². The van der Waals surface area contributed by atoms with Crippen LogP contribution in [0.3, 0.4) is 0 Å². The monoisotopic (exact) mass is 410 g/mol. The molecule has 31 heavy (non-hydrogen) atoms. The average molecular weight is 411 g/mol. The summed E-state index contributed by atoms with van der Waals surface area (Å²) in [4.78, 5) is 7.14. The SMILES string of the molecule is CCN1c2cc(OC)c(C=Nc3ccc(-c4ccccc4)cc3)cc2C(C)=CC1(C)C. The largest absolute Gasteiger partial charge is 0.496 e. The van der Waals surface area contributed by atoms with E-state index in [4.69, 9.17) is 9.73 Å². The van der Waals surface area contributed by atoms with E-state index < -0.39 is 0 Å². The summed E-state index contributed by atoms with van der Waals surface area (Å²) in [5, 5.41) is 0. The van der Waals surface area contributed by atoms with E-state index in [0.29, 0.717) is 0 Å². The molecule has 3 heteroatoms. The van der Waals surface area contributed by atoms with Crippen LogP contribution in [0.25, 0.3) is 16.7 Å². The predicted molar refractivity (Wildman–Crippen MR) is 133 cm³/mol. The molecule has 1 heterocycles. The number of fused-ring (bicyclic) bond motifs is 1. The molecule has 3 aromatic rings. The van der Waals surface area contributed by atoms with Crippen LogP contribution in [-0.2, 0) is 0 Å². The summed E-state index contributed by atoms with van der Waals surface area (Å²) in [5.74, 6) is 0.840. The fourth-order valence-electron chi connectivity index (χ4n) is 4.49. The summed E-state index contributed by atoms with van der Waals surface area (Å²) in [6.45, 7) is 9.83. The number of nitrogens with zero attached hydrogens (tertiary/aromatic N) is 2. The molecule has 0 bridgehead atoms. The van der Waals surface area contributed by atoms with Crippen LogP contribution in [0.4, 0.5) is 11.4 Å². The van der Waals surface area contributed by atoms with Gasteiger partial charge in [-0.15, -0.1) is 0 Å². The topological polar surface area (TPSA) is 24.8 Å². The lowest BCUT2D eigenvalue weighted by Crippen LogP contribution is -2.44. The van der Waals surface area contributed by atoms with Crippen molar-refractivity contribution in [1.29, 1.82) is 0 Å². The number of allylic oxidation sites excluding steroid dienone is 1. The van der Waals surface area contributed by atoms with Crippen LogP contribution in [0.1, 0.15) is 38.8 Å². The van der Waals surface area contributed by atoms with Crippen LogP contribution in [0, 0.1) is 0 Å². The van der Waals surface area contributed by atoms with Crippen molar-refractivity contribution in [2.24, 2.45) is 4.99 Å². The number of ether oxygens (including phenoxy) is 1. The molecule has 1 aliphatic heterocycles. The maximum atomic E-state index is 5.74. The lowest BCUT2D eigenvalue weighted by atomic mass is 9.88. The molecule has 158 valence electrons. The summed E-state index contributed by atoms with van der Waals surface area (Å²) in [5.41, 5.74) is 8.02. The Bertz CT molecular complexity index is 1130. The summed E-state index contributed by atoms with van der Waals surface area (Å²) >= 11 is 0. The molecule has 0 radical (unpaired) electrons. The lowest BCUT2D eigenvalue weighted by Gasteiger charge is -2.43. The van der Waals surface area contributed by atoms with E-state index in [-0.39, 0.29) is 5.54 Å². The van der Waals surface area contributed by atoms with Crippen molar-refractivity contribution in [1.82, 2.24) is 0 Å². The number of hydrogen-bond donors (Lipinski definition) is 0. The molecule has 3 nitrogen and oxygen atoms in total. The first-order valence-corrected chi connectivity index (χ1v) is 10.8. The van der Waals surface area contributed by atoms with Gasteiger partial charge in [-0.2, -0.15) is 0 Å². The van der Waals surface area contributed by atoms with Crippen LogP contribution in [0.2, 0.25) is 0 Å². The quantitative estimate of drug-likeness (QED) is 0.418. The third-order valence-electron chi connectivity index (χ3n) is 5.97. The van der Waals surface area contributed by atoms with Gasteiger partial charge in [-0.3, -0.25) is 4.99 Å². The Morgan fingerprint density at radius 1 is 0.968 bits per heavy atom. The smallest absolute Gasteiger partial charge is 0.129 e. The van der Waals surface area contributed by atoms with E-state index in [2.05, 4.69) is 99.3 Å². The third kappa shape index (κ3) is 4.13. The Morgan fingerprint density at radius 2 is 1.65 bits per heavy atom. The molecule has 0 saturated carbocycles. The Labute approximate surface area is 185 Å². The maximum Gasteiger partial charge on any atom is 0.129 e. The summed E-state index contributed by atoms with van der Waals surface area (Å²) < 4.78 is 5.74. The minimum absolute atomic E-state index is 0.0209. The van der Waals surface area contributed by atoms with Crippen molar-refractivity contribution >= 4 is 23.2 Å². The van der Waals surface area contributed by atoms with Gasteiger partial charge in [0.05, 0.1) is 18.3 Å². The van der Waals surface area contributed by atoms with Gasteiger partial charge < -0.3 is 9.64 Å². The van der Waals surface area contributed by atoms with Crippen LogP contribution in [-0.4, -0.2) is 25.4 Å². The molecule has 0 unspecified atom stereocenters. The molecule has 0 aliphatic carbocycles. The van der Waals surface area contributed by atoms with Crippen molar-refractivity contribution < 1.29 is 4.74 Å². The number of anilines is 1. The standard InChI is InChI=1S/C28H30N2O/c1-6-30-26-17-27(31-5)23(16-25(26)20(2)18-28(30,3)4)19-29-24-14-12-22(13-15-24)21-10-8-7-9-11-21/h7-19H,6H2,1-5H3. The Balaban J connectivity index is 1.66. The van der Waals surface area contributed by atoms with E-state index in [1.165, 1.54) is 28.0 Å². The number of rotatable bonds is 5. The molecule has 0 atom stereocenters. The number of benzene rings is 3. The van der Waals surface area contributed by atoms with Crippen molar-refractivity contribution in [2.45, 2.75) is 33.2 Å². The number of methoxy groups -OCH3 is 1. The molecule has 0 fully saturated rings. The molecule has 0 saturated heterocycles. The second-order valence-corrected chi connectivity index (χ2v) is 8.51. The molecular weight excluding hydrogens is 380 g/mol. The molecular formula is C28H30N2O. The molecule has 0 amide bonds. The lowest BCUT2D eigenvalue weighted by molar-refractivity contribution is 0.413. The normalized spacial score (nSPS) is 15.0. The molecule has 1 aliphatic rings. The van der Waals surface area contributed by atoms with Crippen molar-refractivity contribution in [2.75, 3.05) is 18.6 Å². The minimum atomic E-state index is -0.0209. The van der Waals surface area contributed by atoms with E-state index in [1.807, 2.05) is 12.3 Å². The maximum absolute atomic E-state index is 5.74. The summed E-state index contributed by atoms with van der Waals surface area (Å²) in [6.07, 6.45) is 4.24. The van der Waals surface area contributed by atoms with E-state index in [9.17, 15) is 0 Å². The van der Waals surface area contributed by atoms with Gasteiger partial charge >= 0.3 is 0 Å². The highest BCUT2D eigenvalue weighted by Crippen LogP contribution is 2.41. The van der Waals surface area contributed by atoms with Crippen LogP contribution >= 0.6 is 0 Å². The average Bonchev–Trinajstić information content (AvgIpc) is 2.78. The van der Waals surface area contributed by atoms with Crippen LogP contribution in [0.5, 0.6) is 5.75 Å². The van der Waals surface area contributed by atoms with E-state index in [0.717, 1.165) is 23.5 Å². The van der Waals surface area contributed by atoms with Gasteiger partial charge in [0.15, 0.2) is 0 Å². The fourth-order valence-corrected chi connectivity index (χ4v) is 4.49. The first-order chi connectivity index (χ1) is 14.9. The van der Waals surface area contributed by atoms with Gasteiger partial charge in [0.25, 0.3) is 0 Å². The third-order valence-corrected chi connectivity index (χ3v) is 5.97. The first-order valence-electron chi connectivity index (χ1n) is 10.8. The second kappa shape index (κ2) is 8.43. The van der Waals surface area contributed by atoms with Crippen LogP contribution < -0.4 is 9.64 Å². The zero-order valence-electron chi connectivity index (χ0n) is 19.0. The molecule has 4 rings (SSSR count). The van der Waals surface area contributed by atoms with Gasteiger partial charge in [-0.05, 0) is 62.6 Å². The summed E-state index contributed by atoms with van der Waals surface area (Å²) in [6, 6.07) is 23.1. The van der Waals surface area contributed by atoms with Gasteiger partial charge in [-0.1, -0.05) is 48.5 Å². The zero-order chi connectivity index (χ0) is 22.0. The Hall–Kier alpha value is -3.33. The summed E-state index contributed by atoms with van der Waals surface area (Å²) in [7, 11) is 1.72. The molecule has 0 aromatic heterocycles. The molecule has 0 N–H and O–H groups in total. The van der Waals surface area contributed by atoms with Gasteiger partial charge in [0, 0.05) is 35.6 Å². The second-order valence-electron chi connectivity index (χ2n) is 8.51. The minimum Gasteiger partial charge on any atom is -0.496 e. The Morgan fingerprint density at radius 3 is 2.29 bits per heavy atom. The van der Waals surface area contributed by atoms with Crippen molar-refractivity contribution in [3.05, 3.63) is 83.9 Å². The fraction of sp³-hybridized carbons (Fsp3) is 0.250. The number of aliphatic imine (C=N–C) groups is 1. The highest BCUT2D eigenvalue weighted by molar-refractivity contribution is 5.92. The molecule has 0 spiro atoms. The van der Waals surface area contributed by atoms with E-state index in [1.54, 1.807) is 7.11 Å². The molecule has 3 aromatic carbocycles. The highest BCUT2D eigenvalue weighted by atomic mass is 16.5. The predicted octanol–water partition coefficient (Wildman–Crippen LogP) is 7.13. The highest BCUT2D eigenvalue weighted by Gasteiger charge is 2.31. The van der Waals surface area contributed by atoms with E-state index >= 15 is 0 Å². The van der Waals surface area contributed by atoms with Crippen molar-refractivity contribution in [3.8, 4) is 16.9 Å². The van der Waals surface area contributed by atoms with Gasteiger partial charge in [0.2, 0.25) is 0 Å². The van der Waals surface area contributed by atoms with Crippen molar-refractivity contribution in [3.63, 3.8) is 0 Å².